The molecule has 0 aliphatic carbocycles. The molecule has 0 aliphatic rings. The second-order valence-corrected chi connectivity index (χ2v) is 11.4. The first-order chi connectivity index (χ1) is 16.0. The Hall–Kier alpha value is -2.96. The van der Waals surface area contributed by atoms with Gasteiger partial charge in [0.15, 0.2) is 13.4 Å². The van der Waals surface area contributed by atoms with Crippen LogP contribution in [0, 0.1) is 11.8 Å². The van der Waals surface area contributed by atoms with Crippen molar-refractivity contribution in [3.05, 3.63) is 71.8 Å². The standard InChI is InChI=1S/C25H33N2O6P/c1-18(2)16-22(25(30)31)27(26-23(28)20-12-8-5-9-13-20)24(29)21(17-34(3,32)33)15-14-19-10-6-4-7-11-19/h4-13,18,21-22H,14-17H2,1-3H3,(H,26,28)(H,30,31)(H,32,33)/t21?,22-/m0/s1. The van der Waals surface area contributed by atoms with Crippen LogP contribution < -0.4 is 5.43 Å². The van der Waals surface area contributed by atoms with E-state index in [1.165, 1.54) is 6.66 Å². The number of hydrazine groups is 1. The molecule has 0 spiro atoms. The SMILES string of the molecule is CC(C)C[C@@H](C(=O)O)N(NC(=O)c1ccccc1)C(=O)C(CCc1ccccc1)CP(C)(=O)O. The molecule has 2 unspecified atom stereocenters. The van der Waals surface area contributed by atoms with E-state index in [2.05, 4.69) is 5.43 Å². The molecule has 34 heavy (non-hydrogen) atoms. The van der Waals surface area contributed by atoms with Gasteiger partial charge in [-0.05, 0) is 42.9 Å². The fraction of sp³-hybridized carbons (Fsp3) is 0.400. The number of carbonyl (C=O) groups excluding carboxylic acids is 2. The molecule has 3 N–H and O–H groups in total. The van der Waals surface area contributed by atoms with Crippen molar-refractivity contribution < 1.29 is 28.9 Å². The van der Waals surface area contributed by atoms with Crippen LogP contribution in [0.5, 0.6) is 0 Å². The molecule has 0 bridgehead atoms. The van der Waals surface area contributed by atoms with Gasteiger partial charge in [0.1, 0.15) is 0 Å². The summed E-state index contributed by atoms with van der Waals surface area (Å²) in [6.45, 7) is 4.81. The van der Waals surface area contributed by atoms with Gasteiger partial charge in [-0.1, -0.05) is 62.4 Å². The Balaban J connectivity index is 2.39. The minimum Gasteiger partial charge on any atom is -0.480 e. The van der Waals surface area contributed by atoms with Crippen molar-refractivity contribution in [1.82, 2.24) is 10.4 Å². The first-order valence-electron chi connectivity index (χ1n) is 11.2. The summed E-state index contributed by atoms with van der Waals surface area (Å²) in [7, 11) is -3.62. The summed E-state index contributed by atoms with van der Waals surface area (Å²) >= 11 is 0. The lowest BCUT2D eigenvalue weighted by Gasteiger charge is -2.33. The van der Waals surface area contributed by atoms with Gasteiger partial charge in [0, 0.05) is 24.3 Å². The number of hydrogen-bond acceptors (Lipinski definition) is 4. The highest BCUT2D eigenvalue weighted by Gasteiger charge is 2.37. The number of benzene rings is 2. The Morgan fingerprint density at radius 3 is 2.06 bits per heavy atom. The third kappa shape index (κ3) is 8.76. The number of nitrogens with zero attached hydrogens (tertiary/aromatic N) is 1. The number of hydrogen-bond donors (Lipinski definition) is 3. The largest absolute Gasteiger partial charge is 0.480 e. The van der Waals surface area contributed by atoms with E-state index in [0.29, 0.717) is 6.42 Å². The van der Waals surface area contributed by atoms with E-state index in [4.69, 9.17) is 0 Å². The number of carboxylic acid groups (broad SMARTS) is 1. The lowest BCUT2D eigenvalue weighted by Crippen LogP contribution is -2.57. The number of rotatable bonds is 11. The highest BCUT2D eigenvalue weighted by atomic mass is 31.2. The van der Waals surface area contributed by atoms with E-state index in [1.54, 1.807) is 30.3 Å². The van der Waals surface area contributed by atoms with Crippen LogP contribution in [0.2, 0.25) is 0 Å². The molecular weight excluding hydrogens is 455 g/mol. The van der Waals surface area contributed by atoms with E-state index in [1.807, 2.05) is 44.2 Å². The Kier molecular flexibility index (Phi) is 10.0. The summed E-state index contributed by atoms with van der Waals surface area (Å²) in [5.41, 5.74) is 3.68. The molecule has 2 aromatic rings. The van der Waals surface area contributed by atoms with Gasteiger partial charge in [0.05, 0.1) is 0 Å². The summed E-state index contributed by atoms with van der Waals surface area (Å²) in [6.07, 6.45) is 0.474. The number of aliphatic carboxylic acids is 1. The van der Waals surface area contributed by atoms with E-state index >= 15 is 0 Å². The molecule has 0 aliphatic heterocycles. The van der Waals surface area contributed by atoms with Crippen molar-refractivity contribution in [2.45, 2.75) is 39.2 Å². The number of carboxylic acids is 1. The molecule has 2 rings (SSSR count). The summed E-state index contributed by atoms with van der Waals surface area (Å²) < 4.78 is 12.3. The normalized spacial score (nSPS) is 14.6. The molecule has 0 aromatic heterocycles. The predicted molar refractivity (Wildman–Crippen MR) is 131 cm³/mol. The fourth-order valence-corrected chi connectivity index (χ4v) is 4.85. The average molecular weight is 489 g/mol. The first-order valence-corrected chi connectivity index (χ1v) is 13.5. The van der Waals surface area contributed by atoms with Crippen LogP contribution in [-0.2, 0) is 20.6 Å². The minimum atomic E-state index is -3.62. The summed E-state index contributed by atoms with van der Waals surface area (Å²) in [4.78, 5) is 48.7. The summed E-state index contributed by atoms with van der Waals surface area (Å²) in [5.74, 6) is -3.62. The molecule has 0 saturated carbocycles. The van der Waals surface area contributed by atoms with Crippen molar-refractivity contribution in [3.63, 3.8) is 0 Å². The molecule has 0 fully saturated rings. The molecule has 9 heteroatoms. The second-order valence-electron chi connectivity index (χ2n) is 8.95. The van der Waals surface area contributed by atoms with Gasteiger partial charge < -0.3 is 10.00 Å². The molecule has 0 saturated heterocycles. The van der Waals surface area contributed by atoms with Gasteiger partial charge in [-0.25, -0.2) is 9.80 Å². The quantitative estimate of drug-likeness (QED) is 0.326. The van der Waals surface area contributed by atoms with Crippen molar-refractivity contribution in [2.24, 2.45) is 11.8 Å². The molecule has 184 valence electrons. The number of amides is 2. The van der Waals surface area contributed by atoms with E-state index in [9.17, 15) is 28.9 Å². The van der Waals surface area contributed by atoms with Crippen molar-refractivity contribution in [1.29, 1.82) is 0 Å². The topological polar surface area (TPSA) is 124 Å². The van der Waals surface area contributed by atoms with Crippen LogP contribution in [0.4, 0.5) is 0 Å². The highest BCUT2D eigenvalue weighted by Crippen LogP contribution is 2.39. The molecule has 8 nitrogen and oxygen atoms in total. The average Bonchev–Trinajstić information content (AvgIpc) is 2.78. The Morgan fingerprint density at radius 1 is 1.00 bits per heavy atom. The maximum Gasteiger partial charge on any atom is 0.328 e. The third-order valence-electron chi connectivity index (χ3n) is 5.32. The second kappa shape index (κ2) is 12.5. The zero-order valence-corrected chi connectivity index (χ0v) is 20.7. The Labute approximate surface area is 200 Å². The zero-order chi connectivity index (χ0) is 25.3. The minimum absolute atomic E-state index is 0.0806. The molecule has 0 radical (unpaired) electrons. The Morgan fingerprint density at radius 2 is 1.56 bits per heavy atom. The van der Waals surface area contributed by atoms with Crippen LogP contribution in [-0.4, -0.2) is 51.7 Å². The number of aryl methyl sites for hydroxylation is 1. The zero-order valence-electron chi connectivity index (χ0n) is 19.8. The van der Waals surface area contributed by atoms with Gasteiger partial charge in [-0.15, -0.1) is 0 Å². The van der Waals surface area contributed by atoms with Crippen molar-refractivity contribution in [3.8, 4) is 0 Å². The molecule has 3 atom stereocenters. The Bertz CT molecular complexity index is 1010. The monoisotopic (exact) mass is 488 g/mol. The van der Waals surface area contributed by atoms with Crippen LogP contribution >= 0.6 is 7.37 Å². The van der Waals surface area contributed by atoms with Crippen LogP contribution in [0.3, 0.4) is 0 Å². The molecule has 2 amide bonds. The summed E-state index contributed by atoms with van der Waals surface area (Å²) in [5, 5.41) is 10.7. The highest BCUT2D eigenvalue weighted by molar-refractivity contribution is 7.57. The molecule has 2 aromatic carbocycles. The van der Waals surface area contributed by atoms with Gasteiger partial charge in [0.25, 0.3) is 5.91 Å². The van der Waals surface area contributed by atoms with Gasteiger partial charge >= 0.3 is 5.97 Å². The fourth-order valence-electron chi connectivity index (χ4n) is 3.70. The van der Waals surface area contributed by atoms with Crippen LogP contribution in [0.15, 0.2) is 60.7 Å². The molecule has 0 heterocycles. The van der Waals surface area contributed by atoms with Crippen LogP contribution in [0.1, 0.15) is 42.6 Å². The maximum atomic E-state index is 13.7. The number of nitrogens with one attached hydrogen (secondary N) is 1. The maximum absolute atomic E-state index is 13.7. The van der Waals surface area contributed by atoms with E-state index in [-0.39, 0.29) is 30.5 Å². The first kappa shape index (κ1) is 27.3. The van der Waals surface area contributed by atoms with Gasteiger partial charge in [-0.3, -0.25) is 19.6 Å². The smallest absolute Gasteiger partial charge is 0.328 e. The lowest BCUT2D eigenvalue weighted by molar-refractivity contribution is -0.155. The van der Waals surface area contributed by atoms with Gasteiger partial charge in [-0.2, -0.15) is 0 Å². The van der Waals surface area contributed by atoms with E-state index < -0.39 is 37.1 Å². The summed E-state index contributed by atoms with van der Waals surface area (Å²) in [6, 6.07) is 16.2. The predicted octanol–water partition coefficient (Wildman–Crippen LogP) is 3.81. The van der Waals surface area contributed by atoms with E-state index in [0.717, 1.165) is 10.6 Å². The van der Waals surface area contributed by atoms with Gasteiger partial charge in [0.2, 0.25) is 5.91 Å². The van der Waals surface area contributed by atoms with Crippen LogP contribution in [0.25, 0.3) is 0 Å². The molecular formula is C25H33N2O6P. The lowest BCUT2D eigenvalue weighted by atomic mass is 9.98. The van der Waals surface area contributed by atoms with Crippen molar-refractivity contribution in [2.75, 3.05) is 12.8 Å². The third-order valence-corrected chi connectivity index (χ3v) is 6.44. The van der Waals surface area contributed by atoms with Crippen molar-refractivity contribution >= 4 is 25.2 Å². The number of carbonyl (C=O) groups is 3.